The smallest absolute Gasteiger partial charge is 0 e. The zero-order valence-corrected chi connectivity index (χ0v) is 7.47. The summed E-state index contributed by atoms with van der Waals surface area (Å²) in [5, 5.41) is 0. The summed E-state index contributed by atoms with van der Waals surface area (Å²) in [5.74, 6) is 0. The van der Waals surface area contributed by atoms with Gasteiger partial charge in [-0.1, -0.05) is 0 Å². The summed E-state index contributed by atoms with van der Waals surface area (Å²) < 4.78 is 31.9. The van der Waals surface area contributed by atoms with Crippen molar-refractivity contribution in [2.24, 2.45) is 0 Å². The Morgan fingerprint density at radius 1 is 1.17 bits per heavy atom. The van der Waals surface area contributed by atoms with Crippen LogP contribution >= 0.6 is 0 Å². The molecule has 0 aromatic carbocycles. The molecule has 6 heteroatoms. The Bertz CT molecular complexity index is 90.7. The van der Waals surface area contributed by atoms with Gasteiger partial charge in [-0.25, -0.2) is 0 Å². The van der Waals surface area contributed by atoms with Crippen LogP contribution in [-0.4, -0.2) is 21.7 Å². The maximum Gasteiger partial charge on any atom is 0 e. The van der Waals surface area contributed by atoms with E-state index >= 15 is 0 Å². The Morgan fingerprint density at radius 3 is 1.17 bits per heavy atom. The number of rotatable bonds is 0. The fourth-order valence-corrected chi connectivity index (χ4v) is 0. The van der Waals surface area contributed by atoms with E-state index in [4.69, 9.17) is 16.0 Å². The van der Waals surface area contributed by atoms with Crippen LogP contribution in [0.1, 0.15) is 0 Å². The Kier molecular flexibility index (Phi) is 5.94. The molecule has 0 fully saturated rings. The van der Waals surface area contributed by atoms with Crippen molar-refractivity contribution in [3.63, 3.8) is 0 Å². The Labute approximate surface area is 70.2 Å². The molecule has 36 valence electrons. The molecule has 0 heterocycles. The SMILES string of the molecule is O=[Se](=O)(O)O.[Ce]. The monoisotopic (exact) mass is 286 g/mol. The molecule has 0 aliphatic rings. The van der Waals surface area contributed by atoms with Gasteiger partial charge in [0.15, 0.2) is 0 Å². The average Bonchev–Trinajstić information content (AvgIpc) is 0.722. The molecule has 4 nitrogen and oxygen atoms in total. The third kappa shape index (κ3) is 52.7. The van der Waals surface area contributed by atoms with Crippen LogP contribution in [0.5, 0.6) is 0 Å². The summed E-state index contributed by atoms with van der Waals surface area (Å²) in [6.07, 6.45) is 0. The minimum absolute atomic E-state index is 0. The van der Waals surface area contributed by atoms with E-state index < -0.39 is 13.4 Å². The number of hydrogen-bond acceptors (Lipinski definition) is 2. The zero-order valence-electron chi connectivity index (χ0n) is 2.62. The van der Waals surface area contributed by atoms with E-state index in [0.717, 1.165) is 0 Å². The predicted molar refractivity (Wildman–Crippen MR) is 11.6 cm³/mol. The van der Waals surface area contributed by atoms with Crippen LogP contribution in [0.25, 0.3) is 0 Å². The third-order valence-electron chi connectivity index (χ3n) is 0. The van der Waals surface area contributed by atoms with Crippen LogP contribution in [0.15, 0.2) is 0 Å². The number of hydrogen-bond donors (Lipinski definition) is 2. The first-order valence-corrected chi connectivity index (χ1v) is 3.63. The molecule has 6 heavy (non-hydrogen) atoms. The summed E-state index contributed by atoms with van der Waals surface area (Å²) in [5.41, 5.74) is 0. The molecule has 0 atom stereocenters. The van der Waals surface area contributed by atoms with Gasteiger partial charge in [0, 0.05) is 41.7 Å². The summed E-state index contributed by atoms with van der Waals surface area (Å²) in [7, 11) is 0. The van der Waals surface area contributed by atoms with Crippen molar-refractivity contribution in [2.75, 3.05) is 0 Å². The zero-order chi connectivity index (χ0) is 4.50. The van der Waals surface area contributed by atoms with E-state index in [0.29, 0.717) is 0 Å². The molecule has 0 spiro atoms. The van der Waals surface area contributed by atoms with Gasteiger partial charge in [0.2, 0.25) is 0 Å². The van der Waals surface area contributed by atoms with E-state index in [1.54, 1.807) is 0 Å². The first-order valence-electron chi connectivity index (χ1n) is 0.698. The molecule has 0 aliphatic heterocycles. The van der Waals surface area contributed by atoms with Crippen molar-refractivity contribution in [2.45, 2.75) is 0 Å². The van der Waals surface area contributed by atoms with Crippen molar-refractivity contribution < 1.29 is 57.8 Å². The second-order valence-corrected chi connectivity index (χ2v) is 2.33. The molecule has 0 saturated heterocycles. The molecule has 0 aromatic rings. The van der Waals surface area contributed by atoms with Crippen LogP contribution in [0.3, 0.4) is 0 Å². The van der Waals surface area contributed by atoms with Crippen molar-refractivity contribution >= 4 is 13.4 Å². The van der Waals surface area contributed by atoms with E-state index in [1.807, 2.05) is 0 Å². The van der Waals surface area contributed by atoms with Gasteiger partial charge in [-0.3, -0.25) is 0 Å². The van der Waals surface area contributed by atoms with E-state index in [-0.39, 0.29) is 41.7 Å². The molecule has 2 N–H and O–H groups in total. The maximum absolute atomic E-state index is 8.82. The summed E-state index contributed by atoms with van der Waals surface area (Å²) in [4.78, 5) is 0. The van der Waals surface area contributed by atoms with E-state index in [9.17, 15) is 0 Å². The minimum atomic E-state index is -5.25. The fourth-order valence-electron chi connectivity index (χ4n) is 0. The van der Waals surface area contributed by atoms with Crippen LogP contribution < -0.4 is 0 Å². The standard InChI is InChI=1S/Ce.H2O4Se/c;1-5(2,3)4/h;(H2,1,2,3,4). The van der Waals surface area contributed by atoms with Crippen molar-refractivity contribution in [3.05, 3.63) is 0 Å². The van der Waals surface area contributed by atoms with Gasteiger partial charge in [-0.15, -0.1) is 0 Å². The molecule has 0 saturated carbocycles. The summed E-state index contributed by atoms with van der Waals surface area (Å²) in [6, 6.07) is 0. The Balaban J connectivity index is 0. The second kappa shape index (κ2) is 3.42. The summed E-state index contributed by atoms with van der Waals surface area (Å²) >= 11 is -5.25. The topological polar surface area (TPSA) is 74.6 Å². The third-order valence-corrected chi connectivity index (χ3v) is 0. The Hall–Kier alpha value is 1.42. The Morgan fingerprint density at radius 2 is 1.17 bits per heavy atom. The van der Waals surface area contributed by atoms with Gasteiger partial charge < -0.3 is 0 Å². The molecular formula is H2CeO4Se. The van der Waals surface area contributed by atoms with Crippen LogP contribution in [0.2, 0.25) is 0 Å². The normalized spacial score (nSPS) is 9.67. The molecule has 0 radical (unpaired) electrons. The molecular weight excluding hydrogens is 283 g/mol. The van der Waals surface area contributed by atoms with Crippen molar-refractivity contribution in [1.82, 2.24) is 0 Å². The first-order chi connectivity index (χ1) is 2.00. The van der Waals surface area contributed by atoms with Gasteiger partial charge in [0.25, 0.3) is 0 Å². The van der Waals surface area contributed by atoms with Gasteiger partial charge in [0.1, 0.15) is 0 Å². The van der Waals surface area contributed by atoms with Gasteiger partial charge >= 0.3 is 29.4 Å². The van der Waals surface area contributed by atoms with Gasteiger partial charge in [-0.05, 0) is 0 Å². The predicted octanol–water partition coefficient (Wildman–Crippen LogP) is -1.73. The molecule has 0 aromatic heterocycles. The van der Waals surface area contributed by atoms with Crippen molar-refractivity contribution in [3.8, 4) is 0 Å². The first kappa shape index (κ1) is 10.4. The minimum Gasteiger partial charge on any atom is 0 e. The molecule has 0 bridgehead atoms. The second-order valence-electron chi connectivity index (χ2n) is 0.448. The van der Waals surface area contributed by atoms with Crippen molar-refractivity contribution in [1.29, 1.82) is 0 Å². The largest absolute Gasteiger partial charge is 0 e. The molecule has 0 unspecified atom stereocenters. The maximum atomic E-state index is 8.82. The van der Waals surface area contributed by atoms with Crippen LogP contribution in [-0.2, 0) is 7.67 Å². The summed E-state index contributed by atoms with van der Waals surface area (Å²) in [6.45, 7) is 0. The van der Waals surface area contributed by atoms with E-state index in [2.05, 4.69) is 0 Å². The average molecular weight is 285 g/mol. The molecule has 0 aliphatic carbocycles. The quantitative estimate of drug-likeness (QED) is 0.519. The van der Waals surface area contributed by atoms with Gasteiger partial charge in [0.05, 0.1) is 0 Å². The fraction of sp³-hybridized carbons (Fsp3) is 0. The van der Waals surface area contributed by atoms with E-state index in [1.165, 1.54) is 0 Å². The van der Waals surface area contributed by atoms with Crippen LogP contribution in [0, 0.1) is 41.7 Å². The molecule has 0 amide bonds. The van der Waals surface area contributed by atoms with Gasteiger partial charge in [-0.2, -0.15) is 0 Å². The molecule has 0 rings (SSSR count). The van der Waals surface area contributed by atoms with Crippen LogP contribution in [0.4, 0.5) is 0 Å².